The Hall–Kier alpha value is -6.54. The fourth-order valence-electron chi connectivity index (χ4n) is 7.16. The number of anilines is 1. The van der Waals surface area contributed by atoms with Gasteiger partial charge >= 0.3 is 0 Å². The number of fused-ring (bicyclic) bond motifs is 10. The summed E-state index contributed by atoms with van der Waals surface area (Å²) in [6.45, 7) is 0. The van der Waals surface area contributed by atoms with Crippen molar-refractivity contribution in [2.75, 3.05) is 5.73 Å². The molecule has 0 aliphatic heterocycles. The average molecular weight is 599 g/mol. The number of pyridine rings is 2. The van der Waals surface area contributed by atoms with Gasteiger partial charge in [0.15, 0.2) is 0 Å². The van der Waals surface area contributed by atoms with Gasteiger partial charge in [0.1, 0.15) is 0 Å². The van der Waals surface area contributed by atoms with Gasteiger partial charge in [-0.15, -0.1) is 0 Å². The van der Waals surface area contributed by atoms with Crippen LogP contribution in [0, 0.1) is 10.1 Å². The molecule has 0 amide bonds. The van der Waals surface area contributed by atoms with Crippen LogP contribution < -0.4 is 16.9 Å². The number of nitrogens with zero attached hydrogens (tertiary/aromatic N) is 3. The van der Waals surface area contributed by atoms with Gasteiger partial charge in [-0.25, -0.2) is 0 Å². The second-order valence-corrected chi connectivity index (χ2v) is 11.5. The molecule has 10 rings (SSSR count). The van der Waals surface area contributed by atoms with Crippen LogP contribution in [0.1, 0.15) is 0 Å². The van der Waals surface area contributed by atoms with E-state index in [1.807, 2.05) is 95.4 Å². The largest absolute Gasteiger partial charge is 0.399 e. The normalized spacial score (nSPS) is 11.9. The summed E-state index contributed by atoms with van der Waals surface area (Å²) < 4.78 is 3.49. The molecular weight excluding hydrogens is 576 g/mol. The Balaban J connectivity index is 0.000000127. The zero-order chi connectivity index (χ0) is 31.3. The molecule has 6 aromatic carbocycles. The van der Waals surface area contributed by atoms with Crippen LogP contribution in [0.15, 0.2) is 131 Å². The maximum Gasteiger partial charge on any atom is 0.270 e. The van der Waals surface area contributed by atoms with E-state index in [0.29, 0.717) is 16.6 Å². The van der Waals surface area contributed by atoms with Crippen molar-refractivity contribution in [3.63, 3.8) is 0 Å². The predicted molar refractivity (Wildman–Crippen MR) is 186 cm³/mol. The lowest BCUT2D eigenvalue weighted by Gasteiger charge is -2.05. The highest BCUT2D eigenvalue weighted by Crippen LogP contribution is 2.36. The van der Waals surface area contributed by atoms with E-state index < -0.39 is 4.92 Å². The number of nitrogens with two attached hydrogens (primary N) is 1. The van der Waals surface area contributed by atoms with Crippen molar-refractivity contribution in [3.8, 4) is 0 Å². The highest BCUT2D eigenvalue weighted by Gasteiger charge is 2.19. The molecule has 0 fully saturated rings. The summed E-state index contributed by atoms with van der Waals surface area (Å²) >= 11 is 0. The summed E-state index contributed by atoms with van der Waals surface area (Å²) in [5.74, 6) is 0. The molecule has 0 bridgehead atoms. The number of hydrogen-bond acceptors (Lipinski definition) is 5. The van der Waals surface area contributed by atoms with E-state index >= 15 is 0 Å². The van der Waals surface area contributed by atoms with E-state index in [1.165, 1.54) is 6.07 Å². The summed E-state index contributed by atoms with van der Waals surface area (Å²) in [7, 11) is 0. The zero-order valence-electron chi connectivity index (χ0n) is 24.1. The minimum atomic E-state index is -0.414. The quantitative estimate of drug-likeness (QED) is 0.0894. The standard InChI is InChI=1S/C19H10N2O3.C19H12N2O/c22-19-15-5-2-1-4-12(15)13-6-3-7-14-16-10-11(21(23)24)8-9-17(16)20(19)18(13)14;20-11-8-9-17-16(10-11)14-7-3-6-13-12-4-1-2-5-15(12)19(22)21(17)18(13)14/h1-10H;1-10H,20H2. The summed E-state index contributed by atoms with van der Waals surface area (Å²) in [5.41, 5.74) is 10.0. The molecule has 218 valence electrons. The van der Waals surface area contributed by atoms with Gasteiger partial charge in [0.25, 0.3) is 16.8 Å². The molecule has 10 aromatic rings. The lowest BCUT2D eigenvalue weighted by atomic mass is 10.0. The molecule has 4 heterocycles. The third-order valence-corrected chi connectivity index (χ3v) is 9.09. The second-order valence-electron chi connectivity index (χ2n) is 11.5. The minimum absolute atomic E-state index is 0.0242. The topological polar surface area (TPSA) is 112 Å². The zero-order valence-corrected chi connectivity index (χ0v) is 24.1. The summed E-state index contributed by atoms with van der Waals surface area (Å²) in [6.07, 6.45) is 0. The van der Waals surface area contributed by atoms with E-state index in [2.05, 4.69) is 12.1 Å². The summed E-state index contributed by atoms with van der Waals surface area (Å²) in [4.78, 5) is 36.7. The number of nitrogen functional groups attached to an aromatic ring is 1. The summed E-state index contributed by atoms with van der Waals surface area (Å²) in [6, 6.07) is 37.6. The number of para-hydroxylation sites is 2. The van der Waals surface area contributed by atoms with E-state index in [0.717, 1.165) is 65.0 Å². The van der Waals surface area contributed by atoms with E-state index in [9.17, 15) is 19.7 Å². The molecule has 0 spiro atoms. The molecule has 0 unspecified atom stereocenters. The maximum atomic E-state index is 13.0. The van der Waals surface area contributed by atoms with Crippen LogP contribution in [-0.4, -0.2) is 13.7 Å². The number of rotatable bonds is 1. The van der Waals surface area contributed by atoms with Gasteiger partial charge in [0.2, 0.25) is 0 Å². The first-order valence-corrected chi connectivity index (χ1v) is 14.7. The lowest BCUT2D eigenvalue weighted by Crippen LogP contribution is -2.12. The predicted octanol–water partition coefficient (Wildman–Crippen LogP) is 7.88. The van der Waals surface area contributed by atoms with Gasteiger partial charge in [0.05, 0.1) is 27.0 Å². The minimum Gasteiger partial charge on any atom is -0.399 e. The third kappa shape index (κ3) is 3.38. The second kappa shape index (κ2) is 9.23. The maximum absolute atomic E-state index is 13.0. The van der Waals surface area contributed by atoms with Gasteiger partial charge in [-0.05, 0) is 47.2 Å². The Morgan fingerprint density at radius 2 is 0.891 bits per heavy atom. The fourth-order valence-corrected chi connectivity index (χ4v) is 7.16. The molecule has 0 saturated heterocycles. The Morgan fingerprint density at radius 1 is 0.478 bits per heavy atom. The molecule has 0 radical (unpaired) electrons. The van der Waals surface area contributed by atoms with E-state index in [-0.39, 0.29) is 16.8 Å². The molecule has 0 saturated carbocycles. The first-order chi connectivity index (χ1) is 22.4. The molecule has 46 heavy (non-hydrogen) atoms. The highest BCUT2D eigenvalue weighted by atomic mass is 16.6. The van der Waals surface area contributed by atoms with Crippen molar-refractivity contribution < 1.29 is 4.92 Å². The van der Waals surface area contributed by atoms with E-state index in [1.54, 1.807) is 16.5 Å². The van der Waals surface area contributed by atoms with Crippen molar-refractivity contribution in [1.82, 2.24) is 8.80 Å². The number of nitro benzene ring substituents is 1. The number of hydrogen-bond donors (Lipinski definition) is 1. The van der Waals surface area contributed by atoms with Gasteiger partial charge in [-0.2, -0.15) is 0 Å². The highest BCUT2D eigenvalue weighted by molar-refractivity contribution is 6.21. The first-order valence-electron chi connectivity index (χ1n) is 14.7. The third-order valence-electron chi connectivity index (χ3n) is 9.09. The van der Waals surface area contributed by atoms with Crippen molar-refractivity contribution in [2.24, 2.45) is 0 Å². The van der Waals surface area contributed by atoms with Crippen LogP contribution in [-0.2, 0) is 0 Å². The molecule has 8 heteroatoms. The van der Waals surface area contributed by atoms with Gasteiger partial charge in [0, 0.05) is 60.9 Å². The Bertz CT molecular complexity index is 3010. The van der Waals surface area contributed by atoms with Crippen molar-refractivity contribution in [2.45, 2.75) is 0 Å². The van der Waals surface area contributed by atoms with Crippen LogP contribution in [0.4, 0.5) is 11.4 Å². The molecule has 0 aliphatic rings. The first kappa shape index (κ1) is 25.9. The van der Waals surface area contributed by atoms with Crippen molar-refractivity contribution >= 4 is 87.3 Å². The van der Waals surface area contributed by atoms with Gasteiger partial charge < -0.3 is 5.73 Å². The summed E-state index contributed by atoms with van der Waals surface area (Å²) in [5, 5.41) is 20.2. The monoisotopic (exact) mass is 598 g/mol. The van der Waals surface area contributed by atoms with Crippen molar-refractivity contribution in [1.29, 1.82) is 0 Å². The molecule has 0 aliphatic carbocycles. The molecule has 4 aromatic heterocycles. The average Bonchev–Trinajstić information content (AvgIpc) is 3.60. The molecule has 8 nitrogen and oxygen atoms in total. The molecule has 2 N–H and O–H groups in total. The smallest absolute Gasteiger partial charge is 0.270 e. The Morgan fingerprint density at radius 3 is 1.39 bits per heavy atom. The van der Waals surface area contributed by atoms with Crippen LogP contribution in [0.5, 0.6) is 0 Å². The van der Waals surface area contributed by atoms with Gasteiger partial charge in [-0.3, -0.25) is 28.5 Å². The van der Waals surface area contributed by atoms with Crippen LogP contribution in [0.2, 0.25) is 0 Å². The fraction of sp³-hybridized carbons (Fsp3) is 0. The van der Waals surface area contributed by atoms with Gasteiger partial charge in [-0.1, -0.05) is 72.8 Å². The Labute approximate surface area is 258 Å². The van der Waals surface area contributed by atoms with E-state index in [4.69, 9.17) is 5.73 Å². The van der Waals surface area contributed by atoms with Crippen LogP contribution in [0.3, 0.4) is 0 Å². The number of benzene rings is 6. The number of nitro groups is 1. The van der Waals surface area contributed by atoms with Crippen LogP contribution in [0.25, 0.3) is 75.9 Å². The SMILES string of the molecule is Nc1ccc2c(c1)c1cccc3c4ccccc4c(=O)n2c31.O=c1c2ccccc2c2cccc3c4cc([N+](=O)[O-])ccc4n1c23. The number of aromatic nitrogens is 2. The van der Waals surface area contributed by atoms with Crippen molar-refractivity contribution in [3.05, 3.63) is 152 Å². The molecular formula is C38H22N4O4. The lowest BCUT2D eigenvalue weighted by molar-refractivity contribution is -0.384. The van der Waals surface area contributed by atoms with Crippen LogP contribution >= 0.6 is 0 Å². The molecule has 0 atom stereocenters. The number of non-ortho nitro benzene ring substituents is 1. The Kier molecular flexibility index (Phi) is 5.20.